The Bertz CT molecular complexity index is 1020. The molecule has 0 N–H and O–H groups in total. The number of esters is 3. The number of unbranched alkanes of at least 4 members (excludes halogenated alkanes) is 30. The van der Waals surface area contributed by atoms with Crippen molar-refractivity contribution < 1.29 is 28.6 Å². The summed E-state index contributed by atoms with van der Waals surface area (Å²) in [7, 11) is 0. The summed E-state index contributed by atoms with van der Waals surface area (Å²) in [6, 6.07) is 0. The van der Waals surface area contributed by atoms with Crippen LogP contribution in [0.5, 0.6) is 0 Å². The minimum absolute atomic E-state index is 0.0752. The molecule has 0 unspecified atom stereocenters. The van der Waals surface area contributed by atoms with E-state index in [0.29, 0.717) is 19.3 Å². The van der Waals surface area contributed by atoms with Crippen molar-refractivity contribution in [1.82, 2.24) is 0 Å². The summed E-state index contributed by atoms with van der Waals surface area (Å²) in [5, 5.41) is 0. The first-order chi connectivity index (χ1) is 29.5. The van der Waals surface area contributed by atoms with Crippen LogP contribution in [0.25, 0.3) is 0 Å². The van der Waals surface area contributed by atoms with E-state index >= 15 is 0 Å². The molecule has 0 spiro atoms. The Hall–Kier alpha value is -2.37. The molecule has 350 valence electrons. The number of hydrogen-bond donors (Lipinski definition) is 0. The maximum absolute atomic E-state index is 12.8. The van der Waals surface area contributed by atoms with Gasteiger partial charge in [0.05, 0.1) is 0 Å². The quantitative estimate of drug-likeness (QED) is 0.0263. The van der Waals surface area contributed by atoms with Crippen molar-refractivity contribution in [2.24, 2.45) is 0 Å². The molecule has 0 saturated carbocycles. The fraction of sp³-hybridized carbons (Fsp3) is 0.833. The Morgan fingerprint density at radius 1 is 0.333 bits per heavy atom. The maximum Gasteiger partial charge on any atom is 0.306 e. The van der Waals surface area contributed by atoms with Crippen LogP contribution in [0.15, 0.2) is 36.5 Å². The van der Waals surface area contributed by atoms with Gasteiger partial charge in [0.25, 0.3) is 0 Å². The predicted molar refractivity (Wildman–Crippen MR) is 256 cm³/mol. The van der Waals surface area contributed by atoms with Crippen LogP contribution in [0.2, 0.25) is 0 Å². The van der Waals surface area contributed by atoms with Crippen molar-refractivity contribution >= 4 is 17.9 Å². The van der Waals surface area contributed by atoms with Crippen LogP contribution in [-0.4, -0.2) is 37.2 Å². The summed E-state index contributed by atoms with van der Waals surface area (Å²) in [5.74, 6) is -0.883. The van der Waals surface area contributed by atoms with E-state index in [2.05, 4.69) is 57.2 Å². The van der Waals surface area contributed by atoms with Gasteiger partial charge in [-0.25, -0.2) is 0 Å². The van der Waals surface area contributed by atoms with E-state index in [1.165, 1.54) is 154 Å². The largest absolute Gasteiger partial charge is 0.462 e. The summed E-state index contributed by atoms with van der Waals surface area (Å²) >= 11 is 0. The number of ether oxygens (including phenoxy) is 3. The van der Waals surface area contributed by atoms with Crippen LogP contribution < -0.4 is 0 Å². The van der Waals surface area contributed by atoms with E-state index in [0.717, 1.165) is 77.0 Å². The first-order valence-electron chi connectivity index (χ1n) is 26.0. The summed E-state index contributed by atoms with van der Waals surface area (Å²) in [6.45, 7) is 6.60. The lowest BCUT2D eigenvalue weighted by Crippen LogP contribution is -2.30. The molecule has 0 aromatic heterocycles. The zero-order valence-corrected chi connectivity index (χ0v) is 40.0. The summed E-state index contributed by atoms with van der Waals surface area (Å²) in [4.78, 5) is 37.9. The topological polar surface area (TPSA) is 78.9 Å². The standard InChI is InChI=1S/C54H98O6/c1-4-7-10-13-16-19-22-25-26-27-28-30-32-35-38-41-44-47-53(56)59-50-51(49-58-52(55)46-43-40-37-34-31-24-21-18-15-12-9-6-3)60-54(57)48-45-42-39-36-33-29-23-20-17-14-11-8-5-2/h16,19-20,23,25-26,51H,4-15,17-18,21-22,24,27-50H2,1-3H3/b19-16-,23-20-,26-25-/t51-/m1/s1. The van der Waals surface area contributed by atoms with Gasteiger partial charge < -0.3 is 14.2 Å². The van der Waals surface area contributed by atoms with Crippen molar-refractivity contribution in [3.05, 3.63) is 36.5 Å². The summed E-state index contributed by atoms with van der Waals surface area (Å²) < 4.78 is 16.8. The van der Waals surface area contributed by atoms with Gasteiger partial charge >= 0.3 is 17.9 Å². The van der Waals surface area contributed by atoms with Gasteiger partial charge in [-0.05, 0) is 77.0 Å². The fourth-order valence-corrected chi connectivity index (χ4v) is 7.41. The van der Waals surface area contributed by atoms with Crippen molar-refractivity contribution in [2.45, 2.75) is 277 Å². The molecule has 0 radical (unpaired) electrons. The third kappa shape index (κ3) is 46.7. The lowest BCUT2D eigenvalue weighted by atomic mass is 10.0. The normalized spacial score (nSPS) is 12.2. The van der Waals surface area contributed by atoms with E-state index < -0.39 is 6.10 Å². The van der Waals surface area contributed by atoms with Gasteiger partial charge in [-0.3, -0.25) is 14.4 Å². The lowest BCUT2D eigenvalue weighted by molar-refractivity contribution is -0.167. The summed E-state index contributed by atoms with van der Waals surface area (Å²) in [5.41, 5.74) is 0. The second-order valence-electron chi connectivity index (χ2n) is 17.4. The van der Waals surface area contributed by atoms with Crippen LogP contribution in [-0.2, 0) is 28.6 Å². The zero-order valence-electron chi connectivity index (χ0n) is 40.0. The molecule has 0 rings (SSSR count). The molecule has 0 heterocycles. The minimum atomic E-state index is -0.775. The van der Waals surface area contributed by atoms with Gasteiger partial charge in [0, 0.05) is 19.3 Å². The highest BCUT2D eigenvalue weighted by atomic mass is 16.6. The highest BCUT2D eigenvalue weighted by Gasteiger charge is 2.19. The molecular weight excluding hydrogens is 745 g/mol. The van der Waals surface area contributed by atoms with Crippen molar-refractivity contribution in [3.63, 3.8) is 0 Å². The van der Waals surface area contributed by atoms with Crippen LogP contribution in [0.1, 0.15) is 271 Å². The van der Waals surface area contributed by atoms with Gasteiger partial charge in [0.2, 0.25) is 0 Å². The molecule has 0 bridgehead atoms. The molecular formula is C54H98O6. The Labute approximate surface area is 372 Å². The second kappa shape index (κ2) is 49.3. The molecule has 0 aromatic rings. The highest BCUT2D eigenvalue weighted by Crippen LogP contribution is 2.15. The van der Waals surface area contributed by atoms with E-state index in [4.69, 9.17) is 14.2 Å². The molecule has 0 aromatic carbocycles. The molecule has 0 aliphatic carbocycles. The lowest BCUT2D eigenvalue weighted by Gasteiger charge is -2.18. The third-order valence-electron chi connectivity index (χ3n) is 11.4. The molecule has 1 atom stereocenters. The maximum atomic E-state index is 12.8. The molecule has 60 heavy (non-hydrogen) atoms. The molecule has 0 amide bonds. The predicted octanol–water partition coefficient (Wildman–Crippen LogP) is 16.9. The van der Waals surface area contributed by atoms with Crippen LogP contribution >= 0.6 is 0 Å². The van der Waals surface area contributed by atoms with Crippen LogP contribution in [0, 0.1) is 0 Å². The Morgan fingerprint density at radius 2 is 0.600 bits per heavy atom. The van der Waals surface area contributed by atoms with Crippen LogP contribution in [0.3, 0.4) is 0 Å². The van der Waals surface area contributed by atoms with Crippen molar-refractivity contribution in [2.75, 3.05) is 13.2 Å². The third-order valence-corrected chi connectivity index (χ3v) is 11.4. The SMILES string of the molecule is CCCCC/C=C\C/C=C\CCCCCCCCCC(=O)OC[C@@H](COC(=O)CCCCCCCCCCCCCC)OC(=O)CCCCCCC/C=C\CCCCCC. The number of rotatable bonds is 47. The molecule has 0 fully saturated rings. The smallest absolute Gasteiger partial charge is 0.306 e. The average Bonchev–Trinajstić information content (AvgIpc) is 3.24. The van der Waals surface area contributed by atoms with Gasteiger partial charge in [-0.1, -0.05) is 211 Å². The summed E-state index contributed by atoms with van der Waals surface area (Å²) in [6.07, 6.45) is 56.9. The van der Waals surface area contributed by atoms with Crippen LogP contribution in [0.4, 0.5) is 0 Å². The fourth-order valence-electron chi connectivity index (χ4n) is 7.41. The molecule has 0 aliphatic heterocycles. The Kier molecular flexibility index (Phi) is 47.3. The van der Waals surface area contributed by atoms with Crippen molar-refractivity contribution in [1.29, 1.82) is 0 Å². The first-order valence-corrected chi connectivity index (χ1v) is 26.0. The monoisotopic (exact) mass is 843 g/mol. The molecule has 6 heteroatoms. The van der Waals surface area contributed by atoms with E-state index in [1.54, 1.807) is 0 Å². The highest BCUT2D eigenvalue weighted by molar-refractivity contribution is 5.71. The van der Waals surface area contributed by atoms with Gasteiger partial charge in [0.15, 0.2) is 6.10 Å². The zero-order chi connectivity index (χ0) is 43.7. The van der Waals surface area contributed by atoms with E-state index in [-0.39, 0.29) is 31.1 Å². The molecule has 0 saturated heterocycles. The number of carbonyl (C=O) groups excluding carboxylic acids is 3. The van der Waals surface area contributed by atoms with Gasteiger partial charge in [-0.2, -0.15) is 0 Å². The van der Waals surface area contributed by atoms with Gasteiger partial charge in [0.1, 0.15) is 13.2 Å². The van der Waals surface area contributed by atoms with E-state index in [1.807, 2.05) is 0 Å². The Balaban J connectivity index is 4.36. The average molecular weight is 843 g/mol. The number of allylic oxidation sites excluding steroid dienone is 6. The van der Waals surface area contributed by atoms with Crippen molar-refractivity contribution in [3.8, 4) is 0 Å². The minimum Gasteiger partial charge on any atom is -0.462 e. The van der Waals surface area contributed by atoms with Gasteiger partial charge in [-0.15, -0.1) is 0 Å². The number of carbonyl (C=O) groups is 3. The molecule has 6 nitrogen and oxygen atoms in total. The number of hydrogen-bond acceptors (Lipinski definition) is 6. The second-order valence-corrected chi connectivity index (χ2v) is 17.4. The first kappa shape index (κ1) is 57.6. The Morgan fingerprint density at radius 3 is 0.983 bits per heavy atom. The molecule has 0 aliphatic rings. The van der Waals surface area contributed by atoms with E-state index in [9.17, 15) is 14.4 Å².